The summed E-state index contributed by atoms with van der Waals surface area (Å²) in [5.74, 6) is -0.557. The van der Waals surface area contributed by atoms with Crippen LogP contribution in [0.1, 0.15) is 26.3 Å². The molecule has 3 heteroatoms. The van der Waals surface area contributed by atoms with Gasteiger partial charge in [0.15, 0.2) is 0 Å². The largest absolute Gasteiger partial charge is 0.268 e. The molecule has 0 aromatic heterocycles. The van der Waals surface area contributed by atoms with Crippen molar-refractivity contribution in [3.8, 4) is 22.3 Å². The Morgan fingerprint density at radius 1 is 0.500 bits per heavy atom. The summed E-state index contributed by atoms with van der Waals surface area (Å²) in [4.78, 5) is 28.9. The Morgan fingerprint density at radius 2 is 1.00 bits per heavy atom. The number of carbonyl (C=O) groups excluding carboxylic acids is 2. The fraction of sp³-hybridized carbons (Fsp3) is 0.0286. The van der Waals surface area contributed by atoms with E-state index in [0.717, 1.165) is 49.4 Å². The van der Waals surface area contributed by atoms with Crippen LogP contribution >= 0.6 is 0 Å². The highest BCUT2D eigenvalue weighted by Gasteiger charge is 2.39. The zero-order chi connectivity index (χ0) is 25.8. The Morgan fingerprint density at radius 3 is 1.61 bits per heavy atom. The lowest BCUT2D eigenvalue weighted by Gasteiger charge is -2.20. The molecule has 0 fully saturated rings. The summed E-state index contributed by atoms with van der Waals surface area (Å²) in [5.41, 5.74) is 6.65. The van der Waals surface area contributed by atoms with E-state index in [-0.39, 0.29) is 11.8 Å². The van der Waals surface area contributed by atoms with Crippen molar-refractivity contribution in [1.29, 1.82) is 0 Å². The zero-order valence-corrected chi connectivity index (χ0v) is 20.8. The molecule has 0 N–H and O–H groups in total. The third kappa shape index (κ3) is 3.15. The number of nitrogens with zero attached hydrogens (tertiary/aromatic N) is 1. The van der Waals surface area contributed by atoms with E-state index in [2.05, 4.69) is 48.5 Å². The van der Waals surface area contributed by atoms with Gasteiger partial charge < -0.3 is 0 Å². The van der Waals surface area contributed by atoms with E-state index in [0.29, 0.717) is 16.8 Å². The van der Waals surface area contributed by atoms with Crippen LogP contribution in [-0.2, 0) is 0 Å². The number of aryl methyl sites for hydroxylation is 1. The Labute approximate surface area is 220 Å². The fourth-order valence-corrected chi connectivity index (χ4v) is 5.94. The van der Waals surface area contributed by atoms with Gasteiger partial charge in [-0.1, -0.05) is 103 Å². The Bertz CT molecular complexity index is 1890. The monoisotopic (exact) mass is 489 g/mol. The van der Waals surface area contributed by atoms with E-state index in [4.69, 9.17) is 0 Å². The zero-order valence-electron chi connectivity index (χ0n) is 20.8. The van der Waals surface area contributed by atoms with Crippen LogP contribution in [0.2, 0.25) is 0 Å². The summed E-state index contributed by atoms with van der Waals surface area (Å²) in [6, 6.07) is 40.1. The summed E-state index contributed by atoms with van der Waals surface area (Å²) in [7, 11) is 0. The minimum atomic E-state index is -0.283. The highest BCUT2D eigenvalue weighted by molar-refractivity contribution is 6.37. The van der Waals surface area contributed by atoms with Crippen LogP contribution < -0.4 is 4.90 Å². The van der Waals surface area contributed by atoms with Crippen LogP contribution in [0.3, 0.4) is 0 Å². The van der Waals surface area contributed by atoms with Gasteiger partial charge in [0.25, 0.3) is 11.8 Å². The number of fused-ring (bicyclic) bond motifs is 3. The lowest BCUT2D eigenvalue weighted by atomic mass is 9.82. The van der Waals surface area contributed by atoms with Gasteiger partial charge >= 0.3 is 0 Å². The molecule has 0 atom stereocenters. The van der Waals surface area contributed by atoms with Gasteiger partial charge in [-0.05, 0) is 74.5 Å². The molecule has 0 radical (unpaired) electrons. The predicted octanol–water partition coefficient (Wildman–Crippen LogP) is 8.44. The minimum Gasteiger partial charge on any atom is -0.268 e. The van der Waals surface area contributed by atoms with Crippen molar-refractivity contribution in [2.45, 2.75) is 6.92 Å². The molecule has 38 heavy (non-hydrogen) atoms. The number of carbonyl (C=O) groups is 2. The molecule has 3 nitrogen and oxygen atoms in total. The minimum absolute atomic E-state index is 0.274. The molecule has 180 valence electrons. The molecule has 0 spiro atoms. The van der Waals surface area contributed by atoms with Crippen LogP contribution in [-0.4, -0.2) is 11.8 Å². The second kappa shape index (κ2) is 8.53. The molecule has 1 aliphatic rings. The maximum atomic E-state index is 13.8. The van der Waals surface area contributed by atoms with Gasteiger partial charge in [0.1, 0.15) is 0 Å². The number of para-hydroxylation sites is 1. The Kier molecular flexibility index (Phi) is 4.98. The predicted molar refractivity (Wildman–Crippen MR) is 155 cm³/mol. The van der Waals surface area contributed by atoms with E-state index < -0.39 is 0 Å². The van der Waals surface area contributed by atoms with Crippen molar-refractivity contribution in [1.82, 2.24) is 0 Å². The number of amides is 2. The first-order valence-corrected chi connectivity index (χ1v) is 12.7. The van der Waals surface area contributed by atoms with Crippen LogP contribution in [0.25, 0.3) is 43.8 Å². The van der Waals surface area contributed by atoms with Crippen molar-refractivity contribution >= 4 is 39.0 Å². The van der Waals surface area contributed by atoms with E-state index >= 15 is 0 Å². The normalized spacial score (nSPS) is 12.9. The van der Waals surface area contributed by atoms with Crippen molar-refractivity contribution < 1.29 is 9.59 Å². The van der Waals surface area contributed by atoms with Crippen molar-refractivity contribution in [2.75, 3.05) is 4.90 Å². The average molecular weight is 490 g/mol. The fourth-order valence-electron chi connectivity index (χ4n) is 5.94. The molecule has 6 aromatic carbocycles. The molecule has 0 bridgehead atoms. The Balaban J connectivity index is 1.66. The third-order valence-corrected chi connectivity index (χ3v) is 7.55. The lowest BCUT2D eigenvalue weighted by molar-refractivity contribution is 0.0926. The molecule has 1 heterocycles. The summed E-state index contributed by atoms with van der Waals surface area (Å²) in [6.45, 7) is 1.98. The number of hydrogen-bond donors (Lipinski definition) is 0. The highest BCUT2D eigenvalue weighted by Crippen LogP contribution is 2.47. The molecule has 0 unspecified atom stereocenters. The second-order valence-corrected chi connectivity index (χ2v) is 9.66. The first-order chi connectivity index (χ1) is 18.6. The summed E-state index contributed by atoms with van der Waals surface area (Å²) >= 11 is 0. The van der Waals surface area contributed by atoms with Crippen molar-refractivity contribution in [2.24, 2.45) is 0 Å². The van der Waals surface area contributed by atoms with Gasteiger partial charge in [-0.15, -0.1) is 0 Å². The molecule has 0 aliphatic carbocycles. The Hall–Kier alpha value is -5.02. The van der Waals surface area contributed by atoms with E-state index in [1.165, 1.54) is 4.90 Å². The van der Waals surface area contributed by atoms with Gasteiger partial charge in [-0.2, -0.15) is 0 Å². The maximum absolute atomic E-state index is 13.8. The smallest absolute Gasteiger partial charge is 0.266 e. The second-order valence-electron chi connectivity index (χ2n) is 9.66. The van der Waals surface area contributed by atoms with E-state index in [9.17, 15) is 9.59 Å². The molecule has 0 saturated carbocycles. The SMILES string of the molecule is Cc1c2c(cc3c(-c4ccccc4)c4ccccc4c(-c4ccccc4)c13)C(=O)N(c1ccccc1)C2=O. The number of imide groups is 1. The first-order valence-electron chi connectivity index (χ1n) is 12.7. The van der Waals surface area contributed by atoms with Gasteiger partial charge in [0, 0.05) is 0 Å². The van der Waals surface area contributed by atoms with E-state index in [1.54, 1.807) is 12.1 Å². The molecular weight excluding hydrogens is 466 g/mol. The highest BCUT2D eigenvalue weighted by atomic mass is 16.2. The number of benzene rings is 6. The van der Waals surface area contributed by atoms with Gasteiger partial charge in [0.05, 0.1) is 16.8 Å². The average Bonchev–Trinajstić information content (AvgIpc) is 3.22. The van der Waals surface area contributed by atoms with Crippen LogP contribution in [0.5, 0.6) is 0 Å². The van der Waals surface area contributed by atoms with Gasteiger partial charge in [0.2, 0.25) is 0 Å². The number of rotatable bonds is 3. The topological polar surface area (TPSA) is 37.4 Å². The van der Waals surface area contributed by atoms with Crippen LogP contribution in [0.15, 0.2) is 121 Å². The quantitative estimate of drug-likeness (QED) is 0.185. The third-order valence-electron chi connectivity index (χ3n) is 7.55. The van der Waals surface area contributed by atoms with E-state index in [1.807, 2.05) is 67.6 Å². The lowest BCUT2D eigenvalue weighted by Crippen LogP contribution is -2.29. The van der Waals surface area contributed by atoms with Crippen LogP contribution in [0, 0.1) is 6.92 Å². The molecule has 7 rings (SSSR count). The molecule has 1 aliphatic heterocycles. The summed E-state index contributed by atoms with van der Waals surface area (Å²) < 4.78 is 0. The molecular formula is C35H23NO2. The summed E-state index contributed by atoms with van der Waals surface area (Å²) in [6.07, 6.45) is 0. The number of anilines is 1. The van der Waals surface area contributed by atoms with Crippen molar-refractivity contribution in [3.63, 3.8) is 0 Å². The van der Waals surface area contributed by atoms with Crippen LogP contribution in [0.4, 0.5) is 5.69 Å². The van der Waals surface area contributed by atoms with Gasteiger partial charge in [-0.25, -0.2) is 4.90 Å². The molecule has 0 saturated heterocycles. The molecule has 6 aromatic rings. The number of hydrogen-bond acceptors (Lipinski definition) is 2. The summed E-state index contributed by atoms with van der Waals surface area (Å²) in [5, 5.41) is 4.20. The first kappa shape index (κ1) is 22.2. The van der Waals surface area contributed by atoms with Gasteiger partial charge in [-0.3, -0.25) is 9.59 Å². The standard InChI is InChI=1S/C35H23NO2/c1-22-30-28(21-29-31(22)35(38)36(34(29)37)25-17-9-4-10-18-25)32(23-13-5-2-6-14-23)26-19-11-12-20-27(26)33(30)24-15-7-3-8-16-24/h2-21H,1H3. The maximum Gasteiger partial charge on any atom is 0.266 e. The molecule has 2 amide bonds. The van der Waals surface area contributed by atoms with Crippen molar-refractivity contribution in [3.05, 3.63) is 138 Å².